The van der Waals surface area contributed by atoms with Gasteiger partial charge in [0.2, 0.25) is 0 Å². The Labute approximate surface area is 96.2 Å². The quantitative estimate of drug-likeness (QED) is 0.684. The number of ether oxygens (including phenoxy) is 3. The van der Waals surface area contributed by atoms with E-state index in [0.29, 0.717) is 13.2 Å². The van der Waals surface area contributed by atoms with Crippen molar-refractivity contribution in [2.75, 3.05) is 20.3 Å². The third-order valence-corrected chi connectivity index (χ3v) is 3.69. The molecular weight excluding hydrogens is 208 g/mol. The molecule has 0 amide bonds. The van der Waals surface area contributed by atoms with Gasteiger partial charge in [-0.1, -0.05) is 0 Å². The van der Waals surface area contributed by atoms with Gasteiger partial charge < -0.3 is 14.2 Å². The number of carbonyl (C=O) groups excluding carboxylic acids is 1. The van der Waals surface area contributed by atoms with E-state index in [9.17, 15) is 4.79 Å². The molecule has 4 nitrogen and oxygen atoms in total. The van der Waals surface area contributed by atoms with Gasteiger partial charge in [0.15, 0.2) is 0 Å². The van der Waals surface area contributed by atoms with Crippen LogP contribution in [0.4, 0.5) is 0 Å². The molecule has 3 atom stereocenters. The van der Waals surface area contributed by atoms with E-state index in [1.54, 1.807) is 7.11 Å². The van der Waals surface area contributed by atoms with Crippen molar-refractivity contribution in [3.8, 4) is 0 Å². The number of rotatable bonds is 4. The summed E-state index contributed by atoms with van der Waals surface area (Å²) >= 11 is 0. The second-order valence-corrected chi connectivity index (χ2v) is 4.68. The summed E-state index contributed by atoms with van der Waals surface area (Å²) in [7, 11) is 1.66. The van der Waals surface area contributed by atoms with Crippen LogP contribution in [-0.4, -0.2) is 38.5 Å². The predicted molar refractivity (Wildman–Crippen MR) is 58.1 cm³/mol. The molecular formula is C12H20O4. The third kappa shape index (κ3) is 1.84. The van der Waals surface area contributed by atoms with Gasteiger partial charge in [0.1, 0.15) is 0 Å². The molecule has 2 fully saturated rings. The molecule has 0 aromatic rings. The summed E-state index contributed by atoms with van der Waals surface area (Å²) in [6, 6.07) is 0. The van der Waals surface area contributed by atoms with Gasteiger partial charge in [-0.05, 0) is 32.6 Å². The summed E-state index contributed by atoms with van der Waals surface area (Å²) in [6.45, 7) is 2.86. The van der Waals surface area contributed by atoms with E-state index >= 15 is 0 Å². The normalized spacial score (nSPS) is 37.4. The SMILES string of the molecule is CCOC(=O)[C@@]12CCC[C@@H]1O[C@H](COC)C2. The number of carbonyl (C=O) groups is 1. The highest BCUT2D eigenvalue weighted by molar-refractivity contribution is 5.78. The van der Waals surface area contributed by atoms with Gasteiger partial charge in [0.25, 0.3) is 0 Å². The maximum absolute atomic E-state index is 12.1. The van der Waals surface area contributed by atoms with Crippen molar-refractivity contribution in [2.45, 2.75) is 44.8 Å². The highest BCUT2D eigenvalue weighted by Gasteiger charge is 2.57. The summed E-state index contributed by atoms with van der Waals surface area (Å²) in [4.78, 5) is 12.1. The van der Waals surface area contributed by atoms with Crippen LogP contribution in [0.1, 0.15) is 32.6 Å². The minimum atomic E-state index is -0.376. The zero-order chi connectivity index (χ0) is 11.6. The smallest absolute Gasteiger partial charge is 0.314 e. The Hall–Kier alpha value is -0.610. The van der Waals surface area contributed by atoms with E-state index in [2.05, 4.69) is 0 Å². The van der Waals surface area contributed by atoms with Crippen molar-refractivity contribution in [1.29, 1.82) is 0 Å². The lowest BCUT2D eigenvalue weighted by atomic mass is 9.81. The first-order chi connectivity index (χ1) is 7.73. The van der Waals surface area contributed by atoms with Gasteiger partial charge in [0, 0.05) is 7.11 Å². The van der Waals surface area contributed by atoms with Crippen molar-refractivity contribution >= 4 is 5.97 Å². The first-order valence-electron chi connectivity index (χ1n) is 6.04. The van der Waals surface area contributed by atoms with E-state index in [4.69, 9.17) is 14.2 Å². The summed E-state index contributed by atoms with van der Waals surface area (Å²) in [6.07, 6.45) is 3.79. The Morgan fingerprint density at radius 2 is 2.38 bits per heavy atom. The lowest BCUT2D eigenvalue weighted by molar-refractivity contribution is -0.157. The van der Waals surface area contributed by atoms with Crippen molar-refractivity contribution in [1.82, 2.24) is 0 Å². The Kier molecular flexibility index (Phi) is 3.50. The van der Waals surface area contributed by atoms with Crippen molar-refractivity contribution in [2.24, 2.45) is 5.41 Å². The largest absolute Gasteiger partial charge is 0.465 e. The Bertz CT molecular complexity index is 266. The molecule has 0 bridgehead atoms. The third-order valence-electron chi connectivity index (χ3n) is 3.69. The average Bonchev–Trinajstić information content (AvgIpc) is 2.75. The van der Waals surface area contributed by atoms with Gasteiger partial charge in [-0.3, -0.25) is 4.79 Å². The van der Waals surface area contributed by atoms with Crippen molar-refractivity contribution in [3.63, 3.8) is 0 Å². The number of methoxy groups -OCH3 is 1. The monoisotopic (exact) mass is 228 g/mol. The van der Waals surface area contributed by atoms with Crippen LogP contribution >= 0.6 is 0 Å². The van der Waals surface area contributed by atoms with Gasteiger partial charge in [-0.2, -0.15) is 0 Å². The lowest BCUT2D eigenvalue weighted by Gasteiger charge is -2.24. The summed E-state index contributed by atoms with van der Waals surface area (Å²) < 4.78 is 16.2. The second kappa shape index (κ2) is 4.72. The molecule has 0 spiro atoms. The van der Waals surface area contributed by atoms with Crippen LogP contribution in [0.15, 0.2) is 0 Å². The highest BCUT2D eigenvalue weighted by Crippen LogP contribution is 2.50. The van der Waals surface area contributed by atoms with Crippen LogP contribution in [0.5, 0.6) is 0 Å². The average molecular weight is 228 g/mol. The van der Waals surface area contributed by atoms with E-state index in [1.165, 1.54) is 0 Å². The first kappa shape index (κ1) is 11.9. The topological polar surface area (TPSA) is 44.8 Å². The van der Waals surface area contributed by atoms with Crippen LogP contribution in [0.3, 0.4) is 0 Å². The van der Waals surface area contributed by atoms with Crippen LogP contribution < -0.4 is 0 Å². The molecule has 0 aromatic heterocycles. The molecule has 2 rings (SSSR count). The maximum atomic E-state index is 12.1. The molecule has 16 heavy (non-hydrogen) atoms. The minimum absolute atomic E-state index is 0.0479. The summed E-state index contributed by atoms with van der Waals surface area (Å²) in [5, 5.41) is 0. The van der Waals surface area contributed by atoms with Gasteiger partial charge in [-0.25, -0.2) is 0 Å². The van der Waals surface area contributed by atoms with E-state index in [1.807, 2.05) is 6.92 Å². The van der Waals surface area contributed by atoms with Crippen molar-refractivity contribution < 1.29 is 19.0 Å². The molecule has 1 heterocycles. The molecule has 1 aliphatic heterocycles. The van der Waals surface area contributed by atoms with Crippen LogP contribution in [0.2, 0.25) is 0 Å². The maximum Gasteiger partial charge on any atom is 0.314 e. The van der Waals surface area contributed by atoms with Crippen molar-refractivity contribution in [3.05, 3.63) is 0 Å². The number of esters is 1. The van der Waals surface area contributed by atoms with Gasteiger partial charge >= 0.3 is 5.97 Å². The standard InChI is InChI=1S/C12H20O4/c1-3-15-11(13)12-6-4-5-10(12)16-9(7-12)8-14-2/h9-10H,3-8H2,1-2H3/t9-,10-,12+/m0/s1. The fourth-order valence-electron chi connectivity index (χ4n) is 3.03. The fourth-order valence-corrected chi connectivity index (χ4v) is 3.03. The lowest BCUT2D eigenvalue weighted by Crippen LogP contribution is -2.36. The molecule has 0 unspecified atom stereocenters. The zero-order valence-corrected chi connectivity index (χ0v) is 10.0. The summed E-state index contributed by atoms with van der Waals surface area (Å²) in [5.74, 6) is -0.0731. The fraction of sp³-hybridized carbons (Fsp3) is 0.917. The molecule has 0 N–H and O–H groups in total. The second-order valence-electron chi connectivity index (χ2n) is 4.68. The highest BCUT2D eigenvalue weighted by atomic mass is 16.6. The molecule has 1 saturated heterocycles. The molecule has 1 saturated carbocycles. The van der Waals surface area contributed by atoms with Crippen LogP contribution in [-0.2, 0) is 19.0 Å². The zero-order valence-electron chi connectivity index (χ0n) is 10.0. The number of hydrogen-bond donors (Lipinski definition) is 0. The predicted octanol–water partition coefficient (Wildman–Crippen LogP) is 1.52. The number of fused-ring (bicyclic) bond motifs is 1. The molecule has 4 heteroatoms. The molecule has 2 aliphatic rings. The van der Waals surface area contributed by atoms with E-state index in [-0.39, 0.29) is 23.6 Å². The first-order valence-corrected chi connectivity index (χ1v) is 6.04. The molecule has 1 aliphatic carbocycles. The molecule has 0 aromatic carbocycles. The van der Waals surface area contributed by atoms with Gasteiger partial charge in [-0.15, -0.1) is 0 Å². The van der Waals surface area contributed by atoms with Crippen LogP contribution in [0, 0.1) is 5.41 Å². The van der Waals surface area contributed by atoms with Gasteiger partial charge in [0.05, 0.1) is 30.8 Å². The molecule has 0 radical (unpaired) electrons. The minimum Gasteiger partial charge on any atom is -0.465 e. The molecule has 92 valence electrons. The Morgan fingerprint density at radius 3 is 3.06 bits per heavy atom. The summed E-state index contributed by atoms with van der Waals surface area (Å²) in [5.41, 5.74) is -0.376. The Balaban J connectivity index is 2.08. The van der Waals surface area contributed by atoms with E-state index < -0.39 is 0 Å². The number of hydrogen-bond acceptors (Lipinski definition) is 4. The Morgan fingerprint density at radius 1 is 1.56 bits per heavy atom. The van der Waals surface area contributed by atoms with E-state index in [0.717, 1.165) is 25.7 Å². The van der Waals surface area contributed by atoms with Crippen LogP contribution in [0.25, 0.3) is 0 Å².